The molecule has 2 N–H and O–H groups in total. The smallest absolute Gasteiger partial charge is 0.345 e. The highest BCUT2D eigenvalue weighted by Gasteiger charge is 2.06. The number of aromatic amines is 1. The number of carbonyl (C=O) groups excluding carboxylic acids is 1. The van der Waals surface area contributed by atoms with E-state index in [2.05, 4.69) is 15.3 Å². The van der Waals surface area contributed by atoms with Crippen molar-refractivity contribution >= 4 is 17.7 Å². The third-order valence-corrected chi connectivity index (χ3v) is 4.00. The number of carbonyl (C=O) groups is 1. The van der Waals surface area contributed by atoms with Gasteiger partial charge in [-0.2, -0.15) is 0 Å². The molecule has 110 valence electrons. The lowest BCUT2D eigenvalue weighted by molar-refractivity contribution is -0.118. The summed E-state index contributed by atoms with van der Waals surface area (Å²) in [5.41, 5.74) is 1.66. The number of H-pyrrole nitrogens is 1. The summed E-state index contributed by atoms with van der Waals surface area (Å²) < 4.78 is 0. The van der Waals surface area contributed by atoms with Crippen LogP contribution in [0.25, 0.3) is 0 Å². The summed E-state index contributed by atoms with van der Waals surface area (Å²) in [6.45, 7) is 2.45. The van der Waals surface area contributed by atoms with Crippen LogP contribution < -0.4 is 11.0 Å². The molecule has 0 aliphatic rings. The van der Waals surface area contributed by atoms with Crippen molar-refractivity contribution in [1.29, 1.82) is 0 Å². The molecule has 0 saturated carbocycles. The van der Waals surface area contributed by atoms with E-state index in [1.54, 1.807) is 0 Å². The summed E-state index contributed by atoms with van der Waals surface area (Å²) in [5, 5.41) is 3.56. The second kappa shape index (κ2) is 7.64. The molecule has 0 radical (unpaired) electrons. The fourth-order valence-electron chi connectivity index (χ4n) is 1.77. The number of aromatic nitrogens is 2. The molecular formula is C15H17N3O2S. The lowest BCUT2D eigenvalue weighted by atomic mass is 10.1. The van der Waals surface area contributed by atoms with Gasteiger partial charge in [-0.15, -0.1) is 0 Å². The first kappa shape index (κ1) is 15.3. The van der Waals surface area contributed by atoms with Crippen molar-refractivity contribution in [3.63, 3.8) is 0 Å². The second-order valence-electron chi connectivity index (χ2n) is 4.57. The van der Waals surface area contributed by atoms with Crippen LogP contribution in [0.1, 0.15) is 11.1 Å². The Balaban J connectivity index is 1.75. The van der Waals surface area contributed by atoms with E-state index >= 15 is 0 Å². The fourth-order valence-corrected chi connectivity index (χ4v) is 2.59. The summed E-state index contributed by atoms with van der Waals surface area (Å²) in [7, 11) is 0. The topological polar surface area (TPSA) is 74.8 Å². The van der Waals surface area contributed by atoms with Gasteiger partial charge in [-0.3, -0.25) is 4.79 Å². The zero-order valence-electron chi connectivity index (χ0n) is 11.8. The number of hydrogen-bond donors (Lipinski definition) is 2. The molecule has 6 heteroatoms. The van der Waals surface area contributed by atoms with Crippen LogP contribution in [0.2, 0.25) is 0 Å². The SMILES string of the molecule is Cc1cnc(=O)[nH]c1SCC(=O)NCCc1ccccc1. The molecule has 0 aliphatic heterocycles. The molecule has 1 aromatic carbocycles. The fraction of sp³-hybridized carbons (Fsp3) is 0.267. The van der Waals surface area contributed by atoms with E-state index in [0.717, 1.165) is 12.0 Å². The number of amides is 1. The van der Waals surface area contributed by atoms with Gasteiger partial charge in [-0.1, -0.05) is 42.1 Å². The highest BCUT2D eigenvalue weighted by Crippen LogP contribution is 2.16. The summed E-state index contributed by atoms with van der Waals surface area (Å²) in [6, 6.07) is 10.00. The molecule has 21 heavy (non-hydrogen) atoms. The minimum absolute atomic E-state index is 0.0482. The Hall–Kier alpha value is -2.08. The monoisotopic (exact) mass is 303 g/mol. The van der Waals surface area contributed by atoms with Gasteiger partial charge in [0, 0.05) is 12.7 Å². The van der Waals surface area contributed by atoms with Gasteiger partial charge < -0.3 is 10.3 Å². The average molecular weight is 303 g/mol. The summed E-state index contributed by atoms with van der Waals surface area (Å²) in [6.07, 6.45) is 2.32. The predicted molar refractivity (Wildman–Crippen MR) is 83.5 cm³/mol. The lowest BCUT2D eigenvalue weighted by Crippen LogP contribution is -2.27. The first-order valence-corrected chi connectivity index (χ1v) is 7.63. The van der Waals surface area contributed by atoms with Crippen LogP contribution in [0.4, 0.5) is 0 Å². The Labute approximate surface area is 127 Å². The van der Waals surface area contributed by atoms with E-state index in [1.807, 2.05) is 37.3 Å². The normalized spacial score (nSPS) is 10.3. The maximum absolute atomic E-state index is 11.8. The molecular weight excluding hydrogens is 286 g/mol. The highest BCUT2D eigenvalue weighted by atomic mass is 32.2. The lowest BCUT2D eigenvalue weighted by Gasteiger charge is -2.06. The van der Waals surface area contributed by atoms with Crippen LogP contribution in [0, 0.1) is 6.92 Å². The summed E-state index contributed by atoms with van der Waals surface area (Å²) in [5.74, 6) is 0.225. The van der Waals surface area contributed by atoms with Crippen LogP contribution in [0.5, 0.6) is 0 Å². The predicted octanol–water partition coefficient (Wildman–Crippen LogP) is 1.53. The Morgan fingerprint density at radius 2 is 2.10 bits per heavy atom. The zero-order valence-corrected chi connectivity index (χ0v) is 12.6. The Morgan fingerprint density at radius 1 is 1.33 bits per heavy atom. The molecule has 5 nitrogen and oxygen atoms in total. The third-order valence-electron chi connectivity index (χ3n) is 2.88. The van der Waals surface area contributed by atoms with Crippen LogP contribution in [0.15, 0.2) is 46.3 Å². The van der Waals surface area contributed by atoms with Crippen molar-refractivity contribution in [1.82, 2.24) is 15.3 Å². The quantitative estimate of drug-likeness (QED) is 0.627. The van der Waals surface area contributed by atoms with Crippen LogP contribution in [0.3, 0.4) is 0 Å². The van der Waals surface area contributed by atoms with Gasteiger partial charge in [-0.05, 0) is 24.5 Å². The number of aryl methyl sites for hydroxylation is 1. The maximum Gasteiger partial charge on any atom is 0.345 e. The van der Waals surface area contributed by atoms with E-state index in [0.29, 0.717) is 11.6 Å². The maximum atomic E-state index is 11.8. The molecule has 0 aliphatic carbocycles. The van der Waals surface area contributed by atoms with Crippen molar-refractivity contribution in [3.8, 4) is 0 Å². The molecule has 1 amide bonds. The van der Waals surface area contributed by atoms with Gasteiger partial charge in [0.25, 0.3) is 0 Å². The van der Waals surface area contributed by atoms with Gasteiger partial charge in [0.05, 0.1) is 10.8 Å². The molecule has 0 bridgehead atoms. The van der Waals surface area contributed by atoms with Crippen molar-refractivity contribution in [2.24, 2.45) is 0 Å². The van der Waals surface area contributed by atoms with E-state index in [9.17, 15) is 9.59 Å². The molecule has 0 unspecified atom stereocenters. The van der Waals surface area contributed by atoms with Crippen LogP contribution >= 0.6 is 11.8 Å². The van der Waals surface area contributed by atoms with Crippen molar-refractivity contribution in [2.45, 2.75) is 18.4 Å². The minimum Gasteiger partial charge on any atom is -0.355 e. The number of rotatable bonds is 6. The van der Waals surface area contributed by atoms with Crippen molar-refractivity contribution in [3.05, 3.63) is 58.1 Å². The van der Waals surface area contributed by atoms with Crippen molar-refractivity contribution in [2.75, 3.05) is 12.3 Å². The van der Waals surface area contributed by atoms with E-state index in [-0.39, 0.29) is 11.7 Å². The molecule has 1 heterocycles. The van der Waals surface area contributed by atoms with Gasteiger partial charge in [-0.25, -0.2) is 9.78 Å². The first-order valence-electron chi connectivity index (χ1n) is 6.64. The molecule has 2 aromatic rings. The van der Waals surface area contributed by atoms with Gasteiger partial charge in [0.15, 0.2) is 0 Å². The molecule has 1 aromatic heterocycles. The van der Waals surface area contributed by atoms with Gasteiger partial charge >= 0.3 is 5.69 Å². The number of benzene rings is 1. The zero-order chi connectivity index (χ0) is 15.1. The Kier molecular flexibility index (Phi) is 5.57. The van der Waals surface area contributed by atoms with E-state index in [4.69, 9.17) is 0 Å². The summed E-state index contributed by atoms with van der Waals surface area (Å²) in [4.78, 5) is 29.2. The first-order chi connectivity index (χ1) is 10.1. The largest absolute Gasteiger partial charge is 0.355 e. The minimum atomic E-state index is -0.396. The van der Waals surface area contributed by atoms with Crippen LogP contribution in [-0.2, 0) is 11.2 Å². The van der Waals surface area contributed by atoms with Gasteiger partial charge in [0.1, 0.15) is 0 Å². The van der Waals surface area contributed by atoms with Crippen LogP contribution in [-0.4, -0.2) is 28.2 Å². The Morgan fingerprint density at radius 3 is 2.86 bits per heavy atom. The number of hydrogen-bond acceptors (Lipinski definition) is 4. The molecule has 0 saturated heterocycles. The average Bonchev–Trinajstić information content (AvgIpc) is 2.49. The molecule has 0 fully saturated rings. The van der Waals surface area contributed by atoms with E-state index < -0.39 is 5.69 Å². The molecule has 0 spiro atoms. The van der Waals surface area contributed by atoms with E-state index in [1.165, 1.54) is 23.5 Å². The molecule has 0 atom stereocenters. The third kappa shape index (κ3) is 5.07. The summed E-state index contributed by atoms with van der Waals surface area (Å²) >= 11 is 1.31. The standard InChI is InChI=1S/C15H17N3O2S/c1-11-9-17-15(20)18-14(11)21-10-13(19)16-8-7-12-5-3-2-4-6-12/h2-6,9H,7-8,10H2,1H3,(H,16,19)(H,17,18,20). The molecule has 2 rings (SSSR count). The highest BCUT2D eigenvalue weighted by molar-refractivity contribution is 7.99. The second-order valence-corrected chi connectivity index (χ2v) is 5.56. The number of nitrogens with one attached hydrogen (secondary N) is 2. The van der Waals surface area contributed by atoms with Crippen molar-refractivity contribution < 1.29 is 4.79 Å². The number of thioether (sulfide) groups is 1. The van der Waals surface area contributed by atoms with Gasteiger partial charge in [0.2, 0.25) is 5.91 Å². The number of nitrogens with zero attached hydrogens (tertiary/aromatic N) is 1. The Bertz CT molecular complexity index is 655.